The Labute approximate surface area is 120 Å². The fourth-order valence-corrected chi connectivity index (χ4v) is 2.15. The molecule has 0 saturated heterocycles. The highest BCUT2D eigenvalue weighted by Gasteiger charge is 2.12. The van der Waals surface area contributed by atoms with Gasteiger partial charge in [-0.2, -0.15) is 0 Å². The highest BCUT2D eigenvalue weighted by Crippen LogP contribution is 2.05. The zero-order valence-corrected chi connectivity index (χ0v) is 14.0. The van der Waals surface area contributed by atoms with Gasteiger partial charge in [0.2, 0.25) is 0 Å². The van der Waals surface area contributed by atoms with Crippen molar-refractivity contribution >= 4 is 5.96 Å². The zero-order chi connectivity index (χ0) is 14.8. The second-order valence-electron chi connectivity index (χ2n) is 5.84. The summed E-state index contributed by atoms with van der Waals surface area (Å²) in [6, 6.07) is 1.62. The van der Waals surface area contributed by atoms with Gasteiger partial charge < -0.3 is 10.6 Å². The van der Waals surface area contributed by atoms with Crippen LogP contribution in [-0.2, 0) is 0 Å². The molecule has 0 atom stereocenters. The Balaban J connectivity index is 4.15. The summed E-state index contributed by atoms with van der Waals surface area (Å²) < 4.78 is 0. The number of rotatable bonds is 8. The smallest absolute Gasteiger partial charge is 0.191 e. The lowest BCUT2D eigenvalue weighted by molar-refractivity contribution is 0.174. The second kappa shape index (κ2) is 10.1. The summed E-state index contributed by atoms with van der Waals surface area (Å²) in [5.74, 6) is 0.929. The molecule has 2 N–H and O–H groups in total. The molecule has 0 fully saturated rings. The monoisotopic (exact) mass is 270 g/mol. The number of hydrogen-bond donors (Lipinski definition) is 2. The van der Waals surface area contributed by atoms with E-state index < -0.39 is 0 Å². The molecule has 0 rings (SSSR count). The van der Waals surface area contributed by atoms with E-state index in [0.717, 1.165) is 32.0 Å². The van der Waals surface area contributed by atoms with Crippen LogP contribution in [0.5, 0.6) is 0 Å². The molecule has 0 aromatic rings. The van der Waals surface area contributed by atoms with Gasteiger partial charge in [-0.1, -0.05) is 0 Å². The standard InChI is InChI=1S/C15H34N4/c1-8-16-15(18-12(2)3)17-10-9-11-19(13(4)5)14(6)7/h12-14H,8-11H2,1-7H3,(H2,16,17,18). The molecule has 0 spiro atoms. The van der Waals surface area contributed by atoms with Gasteiger partial charge in [0.15, 0.2) is 5.96 Å². The molecule has 19 heavy (non-hydrogen) atoms. The van der Waals surface area contributed by atoms with Crippen molar-refractivity contribution in [2.24, 2.45) is 4.99 Å². The SMILES string of the molecule is CCNC(=NCCCN(C(C)C)C(C)C)NC(C)C. The summed E-state index contributed by atoms with van der Waals surface area (Å²) in [4.78, 5) is 7.12. The normalized spacial score (nSPS) is 12.9. The van der Waals surface area contributed by atoms with Crippen molar-refractivity contribution in [2.75, 3.05) is 19.6 Å². The molecule has 0 unspecified atom stereocenters. The van der Waals surface area contributed by atoms with E-state index in [1.807, 2.05) is 0 Å². The predicted octanol–water partition coefficient (Wildman–Crippen LogP) is 2.46. The van der Waals surface area contributed by atoms with Gasteiger partial charge in [0.1, 0.15) is 0 Å². The Hall–Kier alpha value is -0.770. The van der Waals surface area contributed by atoms with E-state index in [0.29, 0.717) is 18.1 Å². The van der Waals surface area contributed by atoms with Gasteiger partial charge in [0.05, 0.1) is 0 Å². The molecular formula is C15H34N4. The van der Waals surface area contributed by atoms with Crippen LogP contribution in [0, 0.1) is 0 Å². The van der Waals surface area contributed by atoms with Crippen LogP contribution < -0.4 is 10.6 Å². The quantitative estimate of drug-likeness (QED) is 0.404. The van der Waals surface area contributed by atoms with Crippen LogP contribution in [0.1, 0.15) is 54.9 Å². The average Bonchev–Trinajstić information content (AvgIpc) is 2.26. The lowest BCUT2D eigenvalue weighted by Crippen LogP contribution is -2.41. The van der Waals surface area contributed by atoms with Gasteiger partial charge in [-0.05, 0) is 54.9 Å². The average molecular weight is 270 g/mol. The summed E-state index contributed by atoms with van der Waals surface area (Å²) in [5.41, 5.74) is 0. The summed E-state index contributed by atoms with van der Waals surface area (Å²) in [5, 5.41) is 6.61. The molecule has 0 aliphatic carbocycles. The van der Waals surface area contributed by atoms with E-state index in [4.69, 9.17) is 0 Å². The fraction of sp³-hybridized carbons (Fsp3) is 0.933. The third-order valence-corrected chi connectivity index (χ3v) is 2.94. The molecule has 114 valence electrons. The van der Waals surface area contributed by atoms with Crippen molar-refractivity contribution in [3.8, 4) is 0 Å². The van der Waals surface area contributed by atoms with E-state index in [-0.39, 0.29) is 0 Å². The van der Waals surface area contributed by atoms with E-state index in [1.165, 1.54) is 0 Å². The van der Waals surface area contributed by atoms with Crippen LogP contribution in [0.2, 0.25) is 0 Å². The minimum absolute atomic E-state index is 0.417. The van der Waals surface area contributed by atoms with Crippen molar-refractivity contribution in [2.45, 2.75) is 73.0 Å². The molecule has 0 bridgehead atoms. The topological polar surface area (TPSA) is 39.7 Å². The van der Waals surface area contributed by atoms with E-state index >= 15 is 0 Å². The first-order chi connectivity index (χ1) is 8.88. The number of hydrogen-bond acceptors (Lipinski definition) is 2. The summed E-state index contributed by atoms with van der Waals surface area (Å²) >= 11 is 0. The predicted molar refractivity (Wildman–Crippen MR) is 85.8 cm³/mol. The molecule has 0 heterocycles. The highest BCUT2D eigenvalue weighted by atomic mass is 15.2. The molecule has 0 aromatic carbocycles. The Morgan fingerprint density at radius 2 is 1.63 bits per heavy atom. The number of aliphatic imine (C=N–C) groups is 1. The Morgan fingerprint density at radius 3 is 2.05 bits per heavy atom. The van der Waals surface area contributed by atoms with Crippen molar-refractivity contribution in [3.63, 3.8) is 0 Å². The summed E-state index contributed by atoms with van der Waals surface area (Å²) in [6.45, 7) is 18.3. The largest absolute Gasteiger partial charge is 0.357 e. The van der Waals surface area contributed by atoms with Gasteiger partial charge in [-0.25, -0.2) is 0 Å². The summed E-state index contributed by atoms with van der Waals surface area (Å²) in [7, 11) is 0. The van der Waals surface area contributed by atoms with Crippen LogP contribution >= 0.6 is 0 Å². The molecule has 0 aromatic heterocycles. The molecule has 0 aliphatic heterocycles. The van der Waals surface area contributed by atoms with Crippen LogP contribution in [0.25, 0.3) is 0 Å². The minimum atomic E-state index is 0.417. The zero-order valence-electron chi connectivity index (χ0n) is 14.0. The van der Waals surface area contributed by atoms with Gasteiger partial charge in [-0.15, -0.1) is 0 Å². The first kappa shape index (κ1) is 18.2. The van der Waals surface area contributed by atoms with Crippen LogP contribution in [0.4, 0.5) is 0 Å². The van der Waals surface area contributed by atoms with Crippen LogP contribution in [-0.4, -0.2) is 48.6 Å². The Bertz CT molecular complexity index is 239. The third kappa shape index (κ3) is 8.87. The van der Waals surface area contributed by atoms with Gasteiger partial charge >= 0.3 is 0 Å². The van der Waals surface area contributed by atoms with Crippen molar-refractivity contribution in [3.05, 3.63) is 0 Å². The van der Waals surface area contributed by atoms with Crippen molar-refractivity contribution in [1.29, 1.82) is 0 Å². The molecule has 4 nitrogen and oxygen atoms in total. The molecule has 4 heteroatoms. The van der Waals surface area contributed by atoms with E-state index in [9.17, 15) is 0 Å². The maximum Gasteiger partial charge on any atom is 0.191 e. The van der Waals surface area contributed by atoms with E-state index in [2.05, 4.69) is 69.0 Å². The maximum absolute atomic E-state index is 4.61. The van der Waals surface area contributed by atoms with Gasteiger partial charge in [0.25, 0.3) is 0 Å². The lowest BCUT2D eigenvalue weighted by atomic mass is 10.2. The van der Waals surface area contributed by atoms with Crippen molar-refractivity contribution in [1.82, 2.24) is 15.5 Å². The van der Waals surface area contributed by atoms with Crippen LogP contribution in [0.15, 0.2) is 4.99 Å². The number of nitrogens with zero attached hydrogens (tertiary/aromatic N) is 2. The van der Waals surface area contributed by atoms with Crippen LogP contribution in [0.3, 0.4) is 0 Å². The minimum Gasteiger partial charge on any atom is -0.357 e. The first-order valence-electron chi connectivity index (χ1n) is 7.69. The highest BCUT2D eigenvalue weighted by molar-refractivity contribution is 5.79. The molecule has 0 aliphatic rings. The van der Waals surface area contributed by atoms with Crippen molar-refractivity contribution < 1.29 is 0 Å². The second-order valence-corrected chi connectivity index (χ2v) is 5.84. The van der Waals surface area contributed by atoms with Gasteiger partial charge in [-0.3, -0.25) is 9.89 Å². The summed E-state index contributed by atoms with van der Waals surface area (Å²) in [6.07, 6.45) is 1.10. The molecule has 0 amide bonds. The maximum atomic E-state index is 4.61. The third-order valence-electron chi connectivity index (χ3n) is 2.94. The number of guanidine groups is 1. The Morgan fingerprint density at radius 1 is 1.05 bits per heavy atom. The molecular weight excluding hydrogens is 236 g/mol. The lowest BCUT2D eigenvalue weighted by Gasteiger charge is -2.30. The number of nitrogens with one attached hydrogen (secondary N) is 2. The molecule has 0 radical (unpaired) electrons. The Kier molecular flexibility index (Phi) is 9.66. The molecule has 0 saturated carbocycles. The first-order valence-corrected chi connectivity index (χ1v) is 7.69. The fourth-order valence-electron chi connectivity index (χ4n) is 2.15. The van der Waals surface area contributed by atoms with E-state index in [1.54, 1.807) is 0 Å². The van der Waals surface area contributed by atoms with Gasteiger partial charge in [0, 0.05) is 37.8 Å².